The summed E-state index contributed by atoms with van der Waals surface area (Å²) >= 11 is 0. The minimum Gasteiger partial charge on any atom is -0.496 e. The Kier molecular flexibility index (Phi) is 10.3. The van der Waals surface area contributed by atoms with Crippen LogP contribution < -0.4 is 14.8 Å². The molecular formula is C28H34N4O3. The molecule has 184 valence electrons. The van der Waals surface area contributed by atoms with Crippen LogP contribution in [0.15, 0.2) is 35.7 Å². The lowest BCUT2D eigenvalue weighted by molar-refractivity contribution is -0.115. The number of aryl methyl sites for hydroxylation is 1. The van der Waals surface area contributed by atoms with Gasteiger partial charge in [0.05, 0.1) is 48.6 Å². The summed E-state index contributed by atoms with van der Waals surface area (Å²) in [7, 11) is 1.57. The number of unbranched alkanes of at least 4 members (excludes halogenated alkanes) is 1. The van der Waals surface area contributed by atoms with Gasteiger partial charge >= 0.3 is 0 Å². The molecule has 0 radical (unpaired) electrons. The summed E-state index contributed by atoms with van der Waals surface area (Å²) in [5, 5.41) is 20.5. The van der Waals surface area contributed by atoms with Gasteiger partial charge in [-0.2, -0.15) is 10.5 Å². The van der Waals surface area contributed by atoms with Crippen molar-refractivity contribution in [2.24, 2.45) is 0 Å². The fourth-order valence-corrected chi connectivity index (χ4v) is 4.08. The highest BCUT2D eigenvalue weighted by Gasteiger charge is 2.37. The number of nitrogens with one attached hydrogen (secondary N) is 1. The van der Waals surface area contributed by atoms with Crippen LogP contribution in [0.25, 0.3) is 0 Å². The highest BCUT2D eigenvalue weighted by molar-refractivity contribution is 6.00. The van der Waals surface area contributed by atoms with Gasteiger partial charge in [-0.05, 0) is 51.3 Å². The summed E-state index contributed by atoms with van der Waals surface area (Å²) in [6.45, 7) is 10.3. The first-order chi connectivity index (χ1) is 16.9. The normalized spacial score (nSPS) is 13.9. The van der Waals surface area contributed by atoms with Crippen LogP contribution in [-0.2, 0) is 4.79 Å². The highest BCUT2D eigenvalue weighted by Crippen LogP contribution is 2.49. The molecule has 7 nitrogen and oxygen atoms in total. The number of Topliss-reactive ketones (excluding diaryl/α,β-unsaturated/α-hetero) is 1. The predicted molar refractivity (Wildman–Crippen MR) is 136 cm³/mol. The third-order valence-corrected chi connectivity index (χ3v) is 5.66. The van der Waals surface area contributed by atoms with Gasteiger partial charge in [0.1, 0.15) is 5.75 Å². The third-order valence-electron chi connectivity index (χ3n) is 5.66. The van der Waals surface area contributed by atoms with E-state index in [1.165, 1.54) is 0 Å². The average Bonchev–Trinajstić information content (AvgIpc) is 2.86. The van der Waals surface area contributed by atoms with E-state index in [0.29, 0.717) is 42.2 Å². The van der Waals surface area contributed by atoms with Crippen LogP contribution in [0.5, 0.6) is 11.6 Å². The first-order valence-electron chi connectivity index (χ1n) is 12.0. The number of carbonyl (C=O) groups excluding carboxylic acids is 1. The van der Waals surface area contributed by atoms with Crippen molar-refractivity contribution in [3.8, 4) is 23.8 Å². The highest BCUT2D eigenvalue weighted by atomic mass is 16.5. The van der Waals surface area contributed by atoms with Crippen LogP contribution in [0.4, 0.5) is 5.69 Å². The zero-order chi connectivity index (χ0) is 26.0. The van der Waals surface area contributed by atoms with Gasteiger partial charge in [-0.15, -0.1) is 0 Å². The molecule has 1 aliphatic rings. The number of anilines is 1. The van der Waals surface area contributed by atoms with E-state index < -0.39 is 5.92 Å². The van der Waals surface area contributed by atoms with E-state index in [2.05, 4.69) is 16.4 Å². The fraction of sp³-hybridized carbons (Fsp3) is 0.429. The molecule has 0 amide bonds. The molecule has 7 heteroatoms. The van der Waals surface area contributed by atoms with E-state index >= 15 is 0 Å². The number of hydrogen-bond acceptors (Lipinski definition) is 7. The molecule has 1 N–H and O–H groups in total. The van der Waals surface area contributed by atoms with Crippen LogP contribution in [-0.4, -0.2) is 24.5 Å². The summed E-state index contributed by atoms with van der Waals surface area (Å²) in [6.07, 6.45) is 4.65. The maximum Gasteiger partial charge on any atom is 0.219 e. The SMILES string of the molecule is CCCC#N.CCCC(=O)C1=C(C)Nc2c(C)cnc(OCC)c2C1c1ccc(C#N)cc1OC. The molecule has 0 aliphatic carbocycles. The number of ketones is 1. The van der Waals surface area contributed by atoms with Crippen LogP contribution in [0.3, 0.4) is 0 Å². The van der Waals surface area contributed by atoms with Crippen molar-refractivity contribution in [2.45, 2.75) is 66.2 Å². The molecule has 2 heterocycles. The molecule has 0 spiro atoms. The minimum absolute atomic E-state index is 0.0773. The second-order valence-corrected chi connectivity index (χ2v) is 8.21. The molecule has 1 aliphatic heterocycles. The molecule has 1 aromatic heterocycles. The Labute approximate surface area is 208 Å². The van der Waals surface area contributed by atoms with Gasteiger partial charge in [0.2, 0.25) is 5.88 Å². The number of nitrogens with zero attached hydrogens (tertiary/aromatic N) is 3. The second kappa shape index (κ2) is 13.2. The Morgan fingerprint density at radius 2 is 1.91 bits per heavy atom. The first kappa shape index (κ1) is 27.4. The zero-order valence-corrected chi connectivity index (χ0v) is 21.5. The summed E-state index contributed by atoms with van der Waals surface area (Å²) < 4.78 is 11.5. The number of ether oxygens (including phenoxy) is 2. The Morgan fingerprint density at radius 1 is 1.17 bits per heavy atom. The largest absolute Gasteiger partial charge is 0.496 e. The molecular weight excluding hydrogens is 440 g/mol. The third kappa shape index (κ3) is 6.19. The number of carbonyl (C=O) groups is 1. The molecule has 35 heavy (non-hydrogen) atoms. The van der Waals surface area contributed by atoms with E-state index in [9.17, 15) is 10.1 Å². The monoisotopic (exact) mass is 474 g/mol. The summed E-state index contributed by atoms with van der Waals surface area (Å²) in [6, 6.07) is 9.48. The van der Waals surface area contributed by atoms with Gasteiger partial charge in [-0.25, -0.2) is 4.98 Å². The van der Waals surface area contributed by atoms with Gasteiger partial charge in [0.25, 0.3) is 0 Å². The van der Waals surface area contributed by atoms with Gasteiger partial charge in [0, 0.05) is 35.9 Å². The number of fused-ring (bicyclic) bond motifs is 1. The van der Waals surface area contributed by atoms with Crippen LogP contribution in [0, 0.1) is 29.6 Å². The fourth-order valence-electron chi connectivity index (χ4n) is 4.08. The first-order valence-corrected chi connectivity index (χ1v) is 12.0. The lowest BCUT2D eigenvalue weighted by atomic mass is 9.77. The van der Waals surface area contributed by atoms with Gasteiger partial charge in [0.15, 0.2) is 5.78 Å². The van der Waals surface area contributed by atoms with E-state index in [-0.39, 0.29) is 5.78 Å². The van der Waals surface area contributed by atoms with Crippen molar-refractivity contribution in [1.29, 1.82) is 10.5 Å². The van der Waals surface area contributed by atoms with Crippen molar-refractivity contribution in [3.05, 3.63) is 57.9 Å². The van der Waals surface area contributed by atoms with E-state index in [4.69, 9.17) is 14.7 Å². The Hall–Kier alpha value is -3.84. The number of methoxy groups -OCH3 is 1. The smallest absolute Gasteiger partial charge is 0.219 e. The maximum atomic E-state index is 13.2. The summed E-state index contributed by atoms with van der Waals surface area (Å²) in [5.41, 5.74) is 5.49. The zero-order valence-electron chi connectivity index (χ0n) is 21.5. The minimum atomic E-state index is -0.406. The molecule has 1 aromatic carbocycles. The van der Waals surface area contributed by atoms with E-state index in [0.717, 1.165) is 40.9 Å². The van der Waals surface area contributed by atoms with Crippen LogP contribution >= 0.6 is 0 Å². The Balaban J connectivity index is 0.000000784. The molecule has 3 rings (SSSR count). The van der Waals surface area contributed by atoms with Crippen LogP contribution in [0.2, 0.25) is 0 Å². The van der Waals surface area contributed by atoms with Crippen molar-refractivity contribution < 1.29 is 14.3 Å². The second-order valence-electron chi connectivity index (χ2n) is 8.21. The maximum absolute atomic E-state index is 13.2. The number of nitriles is 2. The lowest BCUT2D eigenvalue weighted by Gasteiger charge is -2.33. The number of rotatable bonds is 8. The summed E-state index contributed by atoms with van der Waals surface area (Å²) in [4.78, 5) is 17.7. The Morgan fingerprint density at radius 3 is 2.46 bits per heavy atom. The molecule has 1 atom stereocenters. The van der Waals surface area contributed by atoms with Crippen molar-refractivity contribution >= 4 is 11.5 Å². The Bertz CT molecular complexity index is 1170. The topological polar surface area (TPSA) is 108 Å². The number of pyridine rings is 1. The molecule has 2 aromatic rings. The van der Waals surface area contributed by atoms with Crippen molar-refractivity contribution in [2.75, 3.05) is 19.0 Å². The molecule has 0 saturated heterocycles. The van der Waals surface area contributed by atoms with E-state index in [1.807, 2.05) is 46.8 Å². The van der Waals surface area contributed by atoms with Gasteiger partial charge in [-0.1, -0.05) is 19.9 Å². The standard InChI is InChI=1S/C24H27N3O3.C4H7N/c1-6-8-18(28)20-15(4)27-23-14(3)13-26-24(30-7-2)22(23)21(20)17-10-9-16(12-25)11-19(17)29-5;1-2-3-4-5/h9-11,13,21,27H,6-8H2,1-5H3;2-3H2,1H3. The van der Waals surface area contributed by atoms with Gasteiger partial charge < -0.3 is 14.8 Å². The predicted octanol–water partition coefficient (Wildman–Crippen LogP) is 6.18. The number of allylic oxidation sites excluding steroid dienone is 2. The lowest BCUT2D eigenvalue weighted by Crippen LogP contribution is -2.25. The van der Waals surface area contributed by atoms with E-state index in [1.54, 1.807) is 25.4 Å². The van der Waals surface area contributed by atoms with Crippen molar-refractivity contribution in [3.63, 3.8) is 0 Å². The molecule has 0 saturated carbocycles. The average molecular weight is 475 g/mol. The quantitative estimate of drug-likeness (QED) is 0.486. The molecule has 0 bridgehead atoms. The number of benzene rings is 1. The van der Waals surface area contributed by atoms with Crippen LogP contribution in [0.1, 0.15) is 81.5 Å². The summed E-state index contributed by atoms with van der Waals surface area (Å²) in [5.74, 6) is 0.729. The number of aromatic nitrogens is 1. The van der Waals surface area contributed by atoms with Gasteiger partial charge in [-0.3, -0.25) is 4.79 Å². The molecule has 1 unspecified atom stereocenters. The molecule has 0 fully saturated rings. The number of hydrogen-bond donors (Lipinski definition) is 1. The van der Waals surface area contributed by atoms with Crippen molar-refractivity contribution in [1.82, 2.24) is 4.98 Å².